The zero-order valence-electron chi connectivity index (χ0n) is 6.84. The second-order valence-electron chi connectivity index (χ2n) is 2.44. The zero-order valence-corrected chi connectivity index (χ0v) is 8.56. The SMILES string of the molecule is COc1c(F)c(F)c2n[se]nc2c1F. The van der Waals surface area contributed by atoms with Crippen molar-refractivity contribution in [1.82, 2.24) is 7.96 Å². The molecular formula is C7H3F3N2OSe. The van der Waals surface area contributed by atoms with Crippen LogP contribution in [0.4, 0.5) is 13.2 Å². The number of methoxy groups -OCH3 is 1. The Bertz CT molecular complexity index is 499. The van der Waals surface area contributed by atoms with Gasteiger partial charge >= 0.3 is 82.2 Å². The van der Waals surface area contributed by atoms with Crippen LogP contribution in [0.3, 0.4) is 0 Å². The summed E-state index contributed by atoms with van der Waals surface area (Å²) < 4.78 is 51.2. The molecule has 1 heterocycles. The van der Waals surface area contributed by atoms with Crippen molar-refractivity contribution in [2.45, 2.75) is 0 Å². The third-order valence-electron chi connectivity index (χ3n) is 1.70. The van der Waals surface area contributed by atoms with Crippen LogP contribution < -0.4 is 4.74 Å². The van der Waals surface area contributed by atoms with Crippen molar-refractivity contribution in [3.8, 4) is 5.75 Å². The van der Waals surface area contributed by atoms with E-state index >= 15 is 0 Å². The molecule has 0 amide bonds. The first-order valence-electron chi connectivity index (χ1n) is 3.49. The summed E-state index contributed by atoms with van der Waals surface area (Å²) in [7, 11) is 1.06. The average Bonchev–Trinajstić information content (AvgIpc) is 2.64. The molecule has 0 aliphatic carbocycles. The van der Waals surface area contributed by atoms with E-state index in [4.69, 9.17) is 0 Å². The van der Waals surface area contributed by atoms with Gasteiger partial charge in [-0.1, -0.05) is 0 Å². The van der Waals surface area contributed by atoms with Crippen LogP contribution in [0.25, 0.3) is 11.0 Å². The van der Waals surface area contributed by atoms with Crippen molar-refractivity contribution < 1.29 is 17.9 Å². The molecule has 14 heavy (non-hydrogen) atoms. The van der Waals surface area contributed by atoms with Gasteiger partial charge in [0, 0.05) is 0 Å². The van der Waals surface area contributed by atoms with Crippen molar-refractivity contribution in [1.29, 1.82) is 0 Å². The summed E-state index contributed by atoms with van der Waals surface area (Å²) in [5, 5.41) is 0. The number of halogens is 3. The number of hydrogen-bond acceptors (Lipinski definition) is 3. The Hall–Kier alpha value is -1.07. The van der Waals surface area contributed by atoms with Crippen LogP contribution in [-0.2, 0) is 0 Å². The van der Waals surface area contributed by atoms with E-state index in [1.165, 1.54) is 0 Å². The van der Waals surface area contributed by atoms with Gasteiger partial charge in [-0.05, 0) is 0 Å². The Balaban J connectivity index is 2.94. The molecule has 0 saturated carbocycles. The van der Waals surface area contributed by atoms with Gasteiger partial charge in [0.05, 0.1) is 0 Å². The number of hydrogen-bond donors (Lipinski definition) is 0. The summed E-state index contributed by atoms with van der Waals surface area (Å²) in [6.07, 6.45) is 0. The van der Waals surface area contributed by atoms with Crippen molar-refractivity contribution in [3.63, 3.8) is 0 Å². The molecule has 0 saturated heterocycles. The van der Waals surface area contributed by atoms with E-state index < -0.39 is 38.2 Å². The maximum atomic E-state index is 13.3. The molecule has 0 spiro atoms. The summed E-state index contributed by atoms with van der Waals surface area (Å²) in [5.74, 6) is -4.32. The molecular weight excluding hydrogens is 264 g/mol. The normalized spacial score (nSPS) is 10.9. The fourth-order valence-corrected chi connectivity index (χ4v) is 2.19. The molecule has 0 fully saturated rings. The van der Waals surface area contributed by atoms with Gasteiger partial charge in [-0.2, -0.15) is 0 Å². The minimum absolute atomic E-state index is 0.249. The summed E-state index contributed by atoms with van der Waals surface area (Å²) in [4.78, 5) is 0. The Labute approximate surface area is 82.7 Å². The molecule has 2 rings (SSSR count). The summed E-state index contributed by atoms with van der Waals surface area (Å²) in [5.41, 5.74) is -0.596. The van der Waals surface area contributed by atoms with Crippen LogP contribution in [0.2, 0.25) is 0 Å². The molecule has 0 unspecified atom stereocenters. The third-order valence-corrected chi connectivity index (χ3v) is 2.81. The van der Waals surface area contributed by atoms with Gasteiger partial charge in [0.2, 0.25) is 0 Å². The third kappa shape index (κ3) is 1.13. The van der Waals surface area contributed by atoms with E-state index in [-0.39, 0.29) is 11.0 Å². The Kier molecular flexibility index (Phi) is 2.20. The second-order valence-corrected chi connectivity index (χ2v) is 3.55. The quantitative estimate of drug-likeness (QED) is 0.573. The number of rotatable bonds is 1. The Morgan fingerprint density at radius 1 is 1.00 bits per heavy atom. The summed E-state index contributed by atoms with van der Waals surface area (Å²) >= 11 is -0.608. The molecule has 7 heteroatoms. The van der Waals surface area contributed by atoms with E-state index in [2.05, 4.69) is 12.7 Å². The Morgan fingerprint density at radius 3 is 2.14 bits per heavy atom. The van der Waals surface area contributed by atoms with Gasteiger partial charge < -0.3 is 0 Å². The monoisotopic (exact) mass is 268 g/mol. The fraction of sp³-hybridized carbons (Fsp3) is 0.143. The van der Waals surface area contributed by atoms with Gasteiger partial charge in [0.15, 0.2) is 0 Å². The molecule has 1 aromatic heterocycles. The van der Waals surface area contributed by atoms with E-state index in [0.717, 1.165) is 7.11 Å². The van der Waals surface area contributed by atoms with E-state index in [1.807, 2.05) is 0 Å². The number of fused-ring (bicyclic) bond motifs is 1. The van der Waals surface area contributed by atoms with Crippen molar-refractivity contribution in [2.24, 2.45) is 0 Å². The first kappa shape index (κ1) is 9.48. The zero-order chi connectivity index (χ0) is 10.3. The van der Waals surface area contributed by atoms with E-state index in [9.17, 15) is 13.2 Å². The molecule has 0 bridgehead atoms. The Morgan fingerprint density at radius 2 is 1.57 bits per heavy atom. The van der Waals surface area contributed by atoms with E-state index in [1.54, 1.807) is 0 Å². The standard InChI is InChI=1S/C7H3F3N2OSe/c1-13-7-3(9)2(8)5-6(4(7)10)12-14-11-5/h1H3. The predicted molar refractivity (Wildman–Crippen MR) is 42.9 cm³/mol. The molecule has 3 nitrogen and oxygen atoms in total. The van der Waals surface area contributed by atoms with E-state index in [0.29, 0.717) is 0 Å². The van der Waals surface area contributed by atoms with Crippen LogP contribution in [-0.4, -0.2) is 30.0 Å². The minimum atomic E-state index is -1.36. The molecule has 0 aliphatic heterocycles. The maximum absolute atomic E-state index is 13.3. The van der Waals surface area contributed by atoms with Crippen LogP contribution in [0.15, 0.2) is 0 Å². The molecule has 0 radical (unpaired) electrons. The average molecular weight is 267 g/mol. The molecule has 1 aromatic carbocycles. The van der Waals surface area contributed by atoms with Crippen LogP contribution in [0.5, 0.6) is 5.75 Å². The molecule has 2 aromatic rings. The van der Waals surface area contributed by atoms with Crippen LogP contribution >= 0.6 is 0 Å². The molecule has 0 aliphatic rings. The summed E-state index contributed by atoms with van der Waals surface area (Å²) in [6, 6.07) is 0. The van der Waals surface area contributed by atoms with Gasteiger partial charge in [0.1, 0.15) is 0 Å². The van der Waals surface area contributed by atoms with Crippen molar-refractivity contribution in [2.75, 3.05) is 7.11 Å². The van der Waals surface area contributed by atoms with Crippen molar-refractivity contribution >= 4 is 26.0 Å². The molecule has 74 valence electrons. The predicted octanol–water partition coefficient (Wildman–Crippen LogP) is 1.11. The van der Waals surface area contributed by atoms with Gasteiger partial charge in [-0.15, -0.1) is 0 Å². The van der Waals surface area contributed by atoms with Gasteiger partial charge in [-0.3, -0.25) is 0 Å². The number of nitrogens with zero attached hydrogens (tertiary/aromatic N) is 2. The number of benzene rings is 1. The second kappa shape index (κ2) is 3.25. The topological polar surface area (TPSA) is 35.0 Å². The van der Waals surface area contributed by atoms with Gasteiger partial charge in [-0.25, -0.2) is 0 Å². The van der Waals surface area contributed by atoms with Crippen LogP contribution in [0, 0.1) is 17.5 Å². The first-order chi connectivity index (χ1) is 6.66. The van der Waals surface area contributed by atoms with Crippen LogP contribution in [0.1, 0.15) is 0 Å². The molecule has 0 N–H and O–H groups in total. The number of ether oxygens (including phenoxy) is 1. The fourth-order valence-electron chi connectivity index (χ4n) is 1.06. The van der Waals surface area contributed by atoms with Gasteiger partial charge in [0.25, 0.3) is 0 Å². The molecule has 0 atom stereocenters. The first-order valence-corrected chi connectivity index (χ1v) is 5.02. The number of aromatic nitrogens is 2. The summed E-state index contributed by atoms with van der Waals surface area (Å²) in [6.45, 7) is 0. The van der Waals surface area contributed by atoms with Crippen molar-refractivity contribution in [3.05, 3.63) is 17.5 Å².